The van der Waals surface area contributed by atoms with Crippen LogP contribution >= 0.6 is 0 Å². The third kappa shape index (κ3) is 3.22. The van der Waals surface area contributed by atoms with E-state index in [9.17, 15) is 4.79 Å². The molecule has 0 aliphatic rings. The van der Waals surface area contributed by atoms with Crippen LogP contribution in [0.15, 0.2) is 0 Å². The minimum absolute atomic E-state index is 0.278. The molecule has 0 aliphatic heterocycles. The summed E-state index contributed by atoms with van der Waals surface area (Å²) < 4.78 is 4.89. The minimum Gasteiger partial charge on any atom is -0.481 e. The molecule has 0 aliphatic carbocycles. The molecular formula is C9H18O3. The summed E-state index contributed by atoms with van der Waals surface area (Å²) in [4.78, 5) is 10.9. The van der Waals surface area contributed by atoms with E-state index in [4.69, 9.17) is 9.84 Å². The fourth-order valence-electron chi connectivity index (χ4n) is 1.43. The van der Waals surface area contributed by atoms with Gasteiger partial charge in [0.1, 0.15) is 0 Å². The lowest BCUT2D eigenvalue weighted by molar-refractivity contribution is -0.152. The molecule has 72 valence electrons. The van der Waals surface area contributed by atoms with E-state index in [2.05, 4.69) is 0 Å². The van der Waals surface area contributed by atoms with Crippen LogP contribution in [0.3, 0.4) is 0 Å². The number of methoxy groups -OCH3 is 1. The predicted molar refractivity (Wildman–Crippen MR) is 47.1 cm³/mol. The maximum absolute atomic E-state index is 10.9. The maximum Gasteiger partial charge on any atom is 0.311 e. The van der Waals surface area contributed by atoms with Gasteiger partial charge in [0.2, 0.25) is 0 Å². The second kappa shape index (κ2) is 4.45. The Kier molecular flexibility index (Phi) is 4.24. The fraction of sp³-hybridized carbons (Fsp3) is 0.889. The fourth-order valence-corrected chi connectivity index (χ4v) is 1.43. The maximum atomic E-state index is 10.9. The summed E-state index contributed by atoms with van der Waals surface area (Å²) in [5, 5.41) is 8.93. The van der Waals surface area contributed by atoms with Gasteiger partial charge in [0.15, 0.2) is 0 Å². The Bertz CT molecular complexity index is 154. The van der Waals surface area contributed by atoms with Crippen LogP contribution in [0.1, 0.15) is 27.2 Å². The molecule has 0 aromatic heterocycles. The molecule has 0 saturated carbocycles. The van der Waals surface area contributed by atoms with Crippen molar-refractivity contribution in [1.29, 1.82) is 0 Å². The molecule has 0 rings (SSSR count). The Hall–Kier alpha value is -0.570. The van der Waals surface area contributed by atoms with Gasteiger partial charge in [-0.1, -0.05) is 13.8 Å². The van der Waals surface area contributed by atoms with Crippen molar-refractivity contribution in [3.63, 3.8) is 0 Å². The van der Waals surface area contributed by atoms with Gasteiger partial charge in [0.25, 0.3) is 0 Å². The van der Waals surface area contributed by atoms with E-state index in [0.717, 1.165) is 0 Å². The quantitative estimate of drug-likeness (QED) is 0.691. The number of hydrogen-bond acceptors (Lipinski definition) is 2. The number of carbonyl (C=O) groups is 1. The summed E-state index contributed by atoms with van der Waals surface area (Å²) in [6, 6.07) is 0. The van der Waals surface area contributed by atoms with Crippen LogP contribution in [0, 0.1) is 11.3 Å². The SMILES string of the molecule is COCC(C)(CC(C)C)C(=O)O. The molecule has 0 heterocycles. The molecule has 1 N–H and O–H groups in total. The van der Waals surface area contributed by atoms with Crippen molar-refractivity contribution in [3.05, 3.63) is 0 Å². The summed E-state index contributed by atoms with van der Waals surface area (Å²) in [6.07, 6.45) is 0.649. The van der Waals surface area contributed by atoms with E-state index in [0.29, 0.717) is 12.3 Å². The highest BCUT2D eigenvalue weighted by atomic mass is 16.5. The molecule has 3 heteroatoms. The molecule has 1 unspecified atom stereocenters. The first-order valence-corrected chi connectivity index (χ1v) is 4.14. The Labute approximate surface area is 73.7 Å². The van der Waals surface area contributed by atoms with Crippen LogP contribution < -0.4 is 0 Å². The monoisotopic (exact) mass is 174 g/mol. The zero-order chi connectivity index (χ0) is 9.78. The standard InChI is InChI=1S/C9H18O3/c1-7(2)5-9(3,6-12-4)8(10)11/h7H,5-6H2,1-4H3,(H,10,11). The van der Waals surface area contributed by atoms with Gasteiger partial charge >= 0.3 is 5.97 Å². The Balaban J connectivity index is 4.28. The third-order valence-electron chi connectivity index (χ3n) is 1.84. The van der Waals surface area contributed by atoms with Gasteiger partial charge in [-0.15, -0.1) is 0 Å². The van der Waals surface area contributed by atoms with Gasteiger partial charge in [-0.2, -0.15) is 0 Å². The van der Waals surface area contributed by atoms with E-state index < -0.39 is 11.4 Å². The molecule has 0 radical (unpaired) electrons. The average molecular weight is 174 g/mol. The second-order valence-corrected chi connectivity index (χ2v) is 3.90. The lowest BCUT2D eigenvalue weighted by Gasteiger charge is -2.25. The first-order valence-electron chi connectivity index (χ1n) is 4.14. The second-order valence-electron chi connectivity index (χ2n) is 3.90. The first kappa shape index (κ1) is 11.4. The van der Waals surface area contributed by atoms with Crippen molar-refractivity contribution in [2.45, 2.75) is 27.2 Å². The highest BCUT2D eigenvalue weighted by Crippen LogP contribution is 2.26. The van der Waals surface area contributed by atoms with Crippen LogP contribution in [-0.4, -0.2) is 24.8 Å². The van der Waals surface area contributed by atoms with Gasteiger partial charge < -0.3 is 9.84 Å². The first-order chi connectivity index (χ1) is 5.42. The van der Waals surface area contributed by atoms with Crippen LogP contribution in [0.5, 0.6) is 0 Å². The molecule has 3 nitrogen and oxygen atoms in total. The number of ether oxygens (including phenoxy) is 1. The van der Waals surface area contributed by atoms with E-state index in [-0.39, 0.29) is 6.61 Å². The number of rotatable bonds is 5. The van der Waals surface area contributed by atoms with Gasteiger partial charge in [-0.05, 0) is 19.3 Å². The molecule has 12 heavy (non-hydrogen) atoms. The van der Waals surface area contributed by atoms with Crippen molar-refractivity contribution in [2.75, 3.05) is 13.7 Å². The average Bonchev–Trinajstić information content (AvgIpc) is 1.85. The van der Waals surface area contributed by atoms with E-state index in [1.807, 2.05) is 13.8 Å². The largest absolute Gasteiger partial charge is 0.481 e. The molecule has 0 saturated heterocycles. The number of carboxylic acids is 1. The summed E-state index contributed by atoms with van der Waals surface area (Å²) in [5.74, 6) is -0.403. The predicted octanol–water partition coefficient (Wildman–Crippen LogP) is 1.77. The Morgan fingerprint density at radius 2 is 2.08 bits per heavy atom. The van der Waals surface area contributed by atoms with Crippen molar-refractivity contribution >= 4 is 5.97 Å². The zero-order valence-corrected chi connectivity index (χ0v) is 8.26. The smallest absolute Gasteiger partial charge is 0.311 e. The summed E-state index contributed by atoms with van der Waals surface area (Å²) >= 11 is 0. The third-order valence-corrected chi connectivity index (χ3v) is 1.84. The molecule has 0 fully saturated rings. The molecular weight excluding hydrogens is 156 g/mol. The van der Waals surface area contributed by atoms with Crippen molar-refractivity contribution < 1.29 is 14.6 Å². The lowest BCUT2D eigenvalue weighted by atomic mass is 9.83. The molecule has 1 atom stereocenters. The normalized spacial score (nSPS) is 16.1. The molecule has 0 aromatic carbocycles. The van der Waals surface area contributed by atoms with Gasteiger partial charge in [-0.25, -0.2) is 0 Å². The lowest BCUT2D eigenvalue weighted by Crippen LogP contribution is -2.33. The molecule has 0 bridgehead atoms. The van der Waals surface area contributed by atoms with Gasteiger partial charge in [-0.3, -0.25) is 4.79 Å². The van der Waals surface area contributed by atoms with Crippen LogP contribution in [-0.2, 0) is 9.53 Å². The van der Waals surface area contributed by atoms with Crippen molar-refractivity contribution in [1.82, 2.24) is 0 Å². The minimum atomic E-state index is -0.780. The van der Waals surface area contributed by atoms with Crippen LogP contribution in [0.25, 0.3) is 0 Å². The summed E-state index contributed by atoms with van der Waals surface area (Å²) in [7, 11) is 1.53. The topological polar surface area (TPSA) is 46.5 Å². The molecule has 0 amide bonds. The summed E-state index contributed by atoms with van der Waals surface area (Å²) in [5.41, 5.74) is -0.733. The van der Waals surface area contributed by atoms with Gasteiger partial charge in [0, 0.05) is 7.11 Å². The van der Waals surface area contributed by atoms with Crippen molar-refractivity contribution in [2.24, 2.45) is 11.3 Å². The van der Waals surface area contributed by atoms with E-state index in [1.54, 1.807) is 6.92 Å². The number of aliphatic carboxylic acids is 1. The van der Waals surface area contributed by atoms with E-state index in [1.165, 1.54) is 7.11 Å². The van der Waals surface area contributed by atoms with Gasteiger partial charge in [0.05, 0.1) is 12.0 Å². The number of carboxylic acid groups (broad SMARTS) is 1. The Morgan fingerprint density at radius 3 is 2.33 bits per heavy atom. The highest BCUT2D eigenvalue weighted by molar-refractivity contribution is 5.74. The molecule has 0 aromatic rings. The summed E-state index contributed by atoms with van der Waals surface area (Å²) in [6.45, 7) is 6.02. The van der Waals surface area contributed by atoms with Crippen LogP contribution in [0.4, 0.5) is 0 Å². The zero-order valence-electron chi connectivity index (χ0n) is 8.26. The Morgan fingerprint density at radius 1 is 1.58 bits per heavy atom. The van der Waals surface area contributed by atoms with Crippen LogP contribution in [0.2, 0.25) is 0 Å². The highest BCUT2D eigenvalue weighted by Gasteiger charge is 2.33. The molecule has 0 spiro atoms. The number of hydrogen-bond donors (Lipinski definition) is 1. The van der Waals surface area contributed by atoms with Crippen molar-refractivity contribution in [3.8, 4) is 0 Å². The van der Waals surface area contributed by atoms with E-state index >= 15 is 0 Å².